The van der Waals surface area contributed by atoms with E-state index in [1.807, 2.05) is 23.6 Å². The maximum Gasteiger partial charge on any atom is 0.246 e. The van der Waals surface area contributed by atoms with Crippen molar-refractivity contribution in [1.82, 2.24) is 14.6 Å². The van der Waals surface area contributed by atoms with E-state index in [0.29, 0.717) is 28.8 Å². The summed E-state index contributed by atoms with van der Waals surface area (Å²) in [4.78, 5) is 20.9. The minimum Gasteiger partial charge on any atom is -0.467 e. The van der Waals surface area contributed by atoms with Crippen LogP contribution in [0.5, 0.6) is 0 Å². The van der Waals surface area contributed by atoms with Crippen molar-refractivity contribution in [2.45, 2.75) is 24.0 Å². The monoisotopic (exact) mass is 517 g/mol. The second kappa shape index (κ2) is 10.4. The highest BCUT2D eigenvalue weighted by molar-refractivity contribution is 7.89. The molecule has 1 atom stereocenters. The van der Waals surface area contributed by atoms with Crippen LogP contribution in [0.4, 0.5) is 0 Å². The molecule has 1 N–H and O–H groups in total. The summed E-state index contributed by atoms with van der Waals surface area (Å²) in [6.45, 7) is 0.528. The Balaban J connectivity index is 1.50. The van der Waals surface area contributed by atoms with Crippen LogP contribution in [0.3, 0.4) is 0 Å². The lowest BCUT2D eigenvalue weighted by atomic mass is 10.1. The number of furan rings is 1. The highest BCUT2D eigenvalue weighted by Gasteiger charge is 2.31. The Labute approximate surface area is 213 Å². The summed E-state index contributed by atoms with van der Waals surface area (Å²) in [6, 6.07) is 23.4. The summed E-state index contributed by atoms with van der Waals surface area (Å²) < 4.78 is 35.2. The van der Waals surface area contributed by atoms with Crippen molar-refractivity contribution in [3.63, 3.8) is 0 Å². The van der Waals surface area contributed by atoms with Crippen LogP contribution in [0.25, 0.3) is 10.9 Å². The Bertz CT molecular complexity index is 1520. The molecule has 182 valence electrons. The largest absolute Gasteiger partial charge is 0.467 e. The number of thiophene rings is 1. The Kier molecular flexibility index (Phi) is 6.95. The number of nitrogens with zero attached hydrogens (tertiary/aromatic N) is 2. The van der Waals surface area contributed by atoms with Crippen LogP contribution in [-0.2, 0) is 27.9 Å². The van der Waals surface area contributed by atoms with E-state index in [-0.39, 0.29) is 17.3 Å². The zero-order chi connectivity index (χ0) is 25.0. The molecular formula is C27H23N3O4S2. The smallest absolute Gasteiger partial charge is 0.246 e. The lowest BCUT2D eigenvalue weighted by molar-refractivity contribution is -0.134. The summed E-state index contributed by atoms with van der Waals surface area (Å²) in [5.41, 5.74) is 1.23. The molecule has 0 saturated carbocycles. The normalized spacial score (nSPS) is 12.4. The first kappa shape index (κ1) is 23.9. The fourth-order valence-corrected chi connectivity index (χ4v) is 5.86. The summed E-state index contributed by atoms with van der Waals surface area (Å²) >= 11 is 1.53. The quantitative estimate of drug-likeness (QED) is 0.292. The topological polar surface area (TPSA) is 92.5 Å². The fraction of sp³-hybridized carbons (Fsp3) is 0.111. The standard InChI is InChI=1S/C27H23N3O4S2/c31-27(30(18-22-10-5-15-34-22)19-23-11-6-16-35-23)26(20-7-2-1-3-8-20)29-36(32,33)24-12-13-25-21(17-24)9-4-14-28-25/h1-17,26,29H,18-19H2/t26-/m0/s1. The van der Waals surface area contributed by atoms with Crippen LogP contribution in [0.15, 0.2) is 112 Å². The molecular weight excluding hydrogens is 494 g/mol. The molecule has 0 aliphatic heterocycles. The molecule has 3 heterocycles. The van der Waals surface area contributed by atoms with Gasteiger partial charge in [-0.25, -0.2) is 8.42 Å². The van der Waals surface area contributed by atoms with E-state index in [4.69, 9.17) is 4.42 Å². The number of nitrogens with one attached hydrogen (secondary N) is 1. The number of aromatic nitrogens is 1. The van der Waals surface area contributed by atoms with E-state index < -0.39 is 16.1 Å². The lowest BCUT2D eigenvalue weighted by Gasteiger charge is -2.27. The molecule has 0 aliphatic carbocycles. The van der Waals surface area contributed by atoms with Gasteiger partial charge in [0.15, 0.2) is 0 Å². The minimum atomic E-state index is -4.05. The Morgan fingerprint density at radius 2 is 1.83 bits per heavy atom. The Morgan fingerprint density at radius 3 is 2.58 bits per heavy atom. The first-order valence-electron chi connectivity index (χ1n) is 11.3. The van der Waals surface area contributed by atoms with E-state index in [1.54, 1.807) is 78.0 Å². The highest BCUT2D eigenvalue weighted by Crippen LogP contribution is 2.25. The molecule has 36 heavy (non-hydrogen) atoms. The van der Waals surface area contributed by atoms with Gasteiger partial charge in [-0.1, -0.05) is 42.5 Å². The molecule has 3 aromatic heterocycles. The molecule has 7 nitrogen and oxygen atoms in total. The molecule has 0 spiro atoms. The molecule has 0 fully saturated rings. The van der Waals surface area contributed by atoms with E-state index in [9.17, 15) is 13.2 Å². The fourth-order valence-electron chi connectivity index (χ4n) is 3.93. The molecule has 2 aromatic carbocycles. The van der Waals surface area contributed by atoms with E-state index in [0.717, 1.165) is 4.88 Å². The predicted molar refractivity (Wildman–Crippen MR) is 139 cm³/mol. The van der Waals surface area contributed by atoms with Gasteiger partial charge < -0.3 is 9.32 Å². The SMILES string of the molecule is O=C([C@@H](NS(=O)(=O)c1ccc2ncccc2c1)c1ccccc1)N(Cc1ccco1)Cc1cccs1. The number of carbonyl (C=O) groups excluding carboxylic acids is 1. The first-order valence-corrected chi connectivity index (χ1v) is 13.6. The van der Waals surface area contributed by atoms with Crippen molar-refractivity contribution in [1.29, 1.82) is 0 Å². The number of rotatable bonds is 9. The van der Waals surface area contributed by atoms with Gasteiger partial charge in [0.1, 0.15) is 11.8 Å². The Hall–Kier alpha value is -3.79. The molecule has 5 aromatic rings. The van der Waals surface area contributed by atoms with Crippen LogP contribution in [0.1, 0.15) is 22.2 Å². The number of hydrogen-bond acceptors (Lipinski definition) is 6. The number of hydrogen-bond donors (Lipinski definition) is 1. The summed E-state index contributed by atoms with van der Waals surface area (Å²) in [6.07, 6.45) is 3.20. The van der Waals surface area contributed by atoms with Gasteiger partial charge in [0.25, 0.3) is 0 Å². The summed E-state index contributed by atoms with van der Waals surface area (Å²) in [7, 11) is -4.05. The maximum absolute atomic E-state index is 14.0. The van der Waals surface area contributed by atoms with Crippen molar-refractivity contribution in [2.24, 2.45) is 0 Å². The number of fused-ring (bicyclic) bond motifs is 1. The van der Waals surface area contributed by atoms with E-state index in [2.05, 4.69) is 9.71 Å². The Morgan fingerprint density at radius 1 is 0.972 bits per heavy atom. The van der Waals surface area contributed by atoms with Crippen LogP contribution in [0.2, 0.25) is 0 Å². The van der Waals surface area contributed by atoms with Crippen molar-refractivity contribution < 1.29 is 17.6 Å². The van der Waals surface area contributed by atoms with Gasteiger partial charge in [0.2, 0.25) is 15.9 Å². The minimum absolute atomic E-state index is 0.0626. The third-order valence-corrected chi connectivity index (χ3v) is 7.98. The highest BCUT2D eigenvalue weighted by atomic mass is 32.2. The molecule has 0 bridgehead atoms. The summed E-state index contributed by atoms with van der Waals surface area (Å²) in [5, 5.41) is 2.64. The molecule has 1 amide bonds. The number of pyridine rings is 1. The van der Waals surface area contributed by atoms with Gasteiger partial charge in [0, 0.05) is 16.5 Å². The molecule has 9 heteroatoms. The van der Waals surface area contributed by atoms with Gasteiger partial charge in [-0.15, -0.1) is 11.3 Å². The van der Waals surface area contributed by atoms with Gasteiger partial charge in [0.05, 0.1) is 29.8 Å². The predicted octanol–water partition coefficient (Wildman–Crippen LogP) is 5.14. The second-order valence-electron chi connectivity index (χ2n) is 8.18. The van der Waals surface area contributed by atoms with Crippen molar-refractivity contribution in [2.75, 3.05) is 0 Å². The van der Waals surface area contributed by atoms with Gasteiger partial charge >= 0.3 is 0 Å². The van der Waals surface area contributed by atoms with Crippen LogP contribution >= 0.6 is 11.3 Å². The number of amides is 1. The third-order valence-electron chi connectivity index (χ3n) is 5.70. The van der Waals surface area contributed by atoms with Crippen molar-refractivity contribution >= 4 is 38.2 Å². The van der Waals surface area contributed by atoms with Crippen molar-refractivity contribution in [3.8, 4) is 0 Å². The molecule has 0 saturated heterocycles. The zero-order valence-electron chi connectivity index (χ0n) is 19.2. The number of sulfonamides is 1. The maximum atomic E-state index is 14.0. The average Bonchev–Trinajstić information content (AvgIpc) is 3.61. The lowest BCUT2D eigenvalue weighted by Crippen LogP contribution is -2.42. The molecule has 0 unspecified atom stereocenters. The molecule has 0 aliphatic rings. The van der Waals surface area contributed by atoms with E-state index in [1.165, 1.54) is 17.4 Å². The van der Waals surface area contributed by atoms with Gasteiger partial charge in [-0.05, 0) is 53.4 Å². The third kappa shape index (κ3) is 5.38. The average molecular weight is 518 g/mol. The second-order valence-corrected chi connectivity index (χ2v) is 10.9. The van der Waals surface area contributed by atoms with Gasteiger partial charge in [-0.2, -0.15) is 4.72 Å². The number of benzene rings is 2. The van der Waals surface area contributed by atoms with Crippen LogP contribution in [-0.4, -0.2) is 24.2 Å². The van der Waals surface area contributed by atoms with Gasteiger partial charge in [-0.3, -0.25) is 9.78 Å². The first-order chi connectivity index (χ1) is 17.5. The van der Waals surface area contributed by atoms with Crippen LogP contribution < -0.4 is 4.72 Å². The molecule has 0 radical (unpaired) electrons. The number of carbonyl (C=O) groups is 1. The molecule has 5 rings (SSSR count). The zero-order valence-corrected chi connectivity index (χ0v) is 20.8. The van der Waals surface area contributed by atoms with Crippen molar-refractivity contribution in [3.05, 3.63) is 119 Å². The summed E-state index contributed by atoms with van der Waals surface area (Å²) in [5.74, 6) is 0.230. The van der Waals surface area contributed by atoms with E-state index >= 15 is 0 Å². The van der Waals surface area contributed by atoms with Crippen LogP contribution in [0, 0.1) is 0 Å².